The van der Waals surface area contributed by atoms with Gasteiger partial charge in [0, 0.05) is 0 Å². The van der Waals surface area contributed by atoms with Gasteiger partial charge in [0.25, 0.3) is 0 Å². The average molecular weight is 177 g/mol. The number of halogens is 3. The van der Waals surface area contributed by atoms with Gasteiger partial charge in [-0.05, 0) is 6.26 Å². The van der Waals surface area contributed by atoms with Gasteiger partial charge in [-0.1, -0.05) is 34.8 Å². The molecular weight excluding hydrogens is 174 g/mol. The monoisotopic (exact) mass is 176 g/mol. The zero-order valence-corrected chi connectivity index (χ0v) is 6.63. The molecule has 0 saturated carbocycles. The van der Waals surface area contributed by atoms with Crippen LogP contribution in [0.15, 0.2) is 8.86 Å². The number of hydrogen-bond acceptors (Lipinski definition) is 1. The maximum atomic E-state index is 5.38. The van der Waals surface area contributed by atoms with Gasteiger partial charge in [-0.2, -0.15) is 0 Å². The molecule has 0 fully saturated rings. The SMILES string of the molecule is CSC(Cl)=C(Cl)Cl. The van der Waals surface area contributed by atoms with Crippen molar-refractivity contribution in [2.45, 2.75) is 0 Å². The largest absolute Gasteiger partial charge is 0.131 e. The Kier molecular flexibility index (Phi) is 4.44. The first-order chi connectivity index (χ1) is 3.18. The molecule has 0 radical (unpaired) electrons. The Hall–Kier alpha value is 0.960. The van der Waals surface area contributed by atoms with Gasteiger partial charge in [0.15, 0.2) is 0 Å². The molecule has 0 rings (SSSR count). The summed E-state index contributed by atoms with van der Waals surface area (Å²) < 4.78 is 0.567. The second-order valence-corrected chi connectivity index (χ2v) is 3.11. The van der Waals surface area contributed by atoms with E-state index in [9.17, 15) is 0 Å². The first kappa shape index (κ1) is 7.96. The molecular formula is C3H3Cl3S. The van der Waals surface area contributed by atoms with Crippen molar-refractivity contribution < 1.29 is 0 Å². The second kappa shape index (κ2) is 3.90. The van der Waals surface area contributed by atoms with Crippen LogP contribution in [0.5, 0.6) is 0 Å². The number of rotatable bonds is 1. The van der Waals surface area contributed by atoms with E-state index in [-0.39, 0.29) is 4.49 Å². The molecule has 0 heterocycles. The van der Waals surface area contributed by atoms with Gasteiger partial charge >= 0.3 is 0 Å². The summed E-state index contributed by atoms with van der Waals surface area (Å²) in [4.78, 5) is 0. The van der Waals surface area contributed by atoms with Gasteiger partial charge < -0.3 is 0 Å². The quantitative estimate of drug-likeness (QED) is 0.593. The van der Waals surface area contributed by atoms with E-state index in [2.05, 4.69) is 0 Å². The Labute approximate surface area is 61.8 Å². The van der Waals surface area contributed by atoms with Crippen LogP contribution in [0.4, 0.5) is 0 Å². The second-order valence-electron chi connectivity index (χ2n) is 0.738. The predicted octanol–water partition coefficient (Wildman–Crippen LogP) is 3.19. The topological polar surface area (TPSA) is 0 Å². The van der Waals surface area contributed by atoms with Crippen molar-refractivity contribution in [3.8, 4) is 0 Å². The molecule has 0 nitrogen and oxygen atoms in total. The van der Waals surface area contributed by atoms with E-state index >= 15 is 0 Å². The smallest absolute Gasteiger partial charge is 0.115 e. The van der Waals surface area contributed by atoms with Crippen LogP contribution in [-0.2, 0) is 0 Å². The van der Waals surface area contributed by atoms with Crippen molar-refractivity contribution in [3.05, 3.63) is 8.86 Å². The molecule has 0 saturated heterocycles. The molecule has 0 aliphatic heterocycles. The zero-order valence-electron chi connectivity index (χ0n) is 3.54. The summed E-state index contributed by atoms with van der Waals surface area (Å²) in [5.41, 5.74) is 0. The highest BCUT2D eigenvalue weighted by Crippen LogP contribution is 2.25. The fraction of sp³-hybridized carbons (Fsp3) is 0.333. The van der Waals surface area contributed by atoms with Gasteiger partial charge in [0.2, 0.25) is 0 Å². The van der Waals surface area contributed by atoms with Crippen LogP contribution in [-0.4, -0.2) is 6.26 Å². The lowest BCUT2D eigenvalue weighted by atomic mass is 11.2. The summed E-state index contributed by atoms with van der Waals surface area (Å²) in [5, 5.41) is 0. The van der Waals surface area contributed by atoms with E-state index in [0.29, 0.717) is 4.36 Å². The molecule has 0 aromatic heterocycles. The predicted molar refractivity (Wildman–Crippen MR) is 38.1 cm³/mol. The third-order valence-corrected chi connectivity index (χ3v) is 2.34. The van der Waals surface area contributed by atoms with Crippen molar-refractivity contribution in [1.82, 2.24) is 0 Å². The highest BCUT2D eigenvalue weighted by Gasteiger charge is 1.92. The molecule has 0 atom stereocenters. The van der Waals surface area contributed by atoms with Crippen LogP contribution in [0.2, 0.25) is 0 Å². The maximum Gasteiger partial charge on any atom is 0.131 e. The molecule has 0 aromatic rings. The molecule has 42 valence electrons. The van der Waals surface area contributed by atoms with Gasteiger partial charge in [-0.25, -0.2) is 0 Å². The normalized spacial score (nSPS) is 8.57. The molecule has 0 aromatic carbocycles. The standard InChI is InChI=1S/C3H3Cl3S/c1-7-3(6)2(4)5/h1H3. The molecule has 0 amide bonds. The van der Waals surface area contributed by atoms with Crippen molar-refractivity contribution in [2.75, 3.05) is 6.26 Å². The molecule has 0 aliphatic carbocycles. The van der Waals surface area contributed by atoms with E-state index in [1.54, 1.807) is 6.26 Å². The summed E-state index contributed by atoms with van der Waals surface area (Å²) in [6, 6.07) is 0. The van der Waals surface area contributed by atoms with E-state index in [1.807, 2.05) is 0 Å². The Morgan fingerprint density at radius 2 is 1.71 bits per heavy atom. The van der Waals surface area contributed by atoms with Crippen LogP contribution >= 0.6 is 46.6 Å². The molecule has 0 bridgehead atoms. The van der Waals surface area contributed by atoms with Crippen LogP contribution < -0.4 is 0 Å². The Bertz CT molecular complexity index is 84.2. The Morgan fingerprint density at radius 1 is 1.29 bits per heavy atom. The van der Waals surface area contributed by atoms with Gasteiger partial charge in [-0.15, -0.1) is 11.8 Å². The average Bonchev–Trinajstić information content (AvgIpc) is 1.65. The minimum atomic E-state index is 0.133. The highest BCUT2D eigenvalue weighted by atomic mass is 35.5. The van der Waals surface area contributed by atoms with Crippen LogP contribution in [0, 0.1) is 0 Å². The van der Waals surface area contributed by atoms with Gasteiger partial charge in [0.1, 0.15) is 8.86 Å². The van der Waals surface area contributed by atoms with Crippen molar-refractivity contribution in [2.24, 2.45) is 0 Å². The summed E-state index contributed by atoms with van der Waals surface area (Å²) in [5.74, 6) is 0. The lowest BCUT2D eigenvalue weighted by Gasteiger charge is -1.86. The third kappa shape index (κ3) is 3.53. The molecule has 0 N–H and O–H groups in total. The summed E-state index contributed by atoms with van der Waals surface area (Å²) in [6.45, 7) is 0. The minimum Gasteiger partial charge on any atom is -0.115 e. The summed E-state index contributed by atoms with van der Waals surface area (Å²) in [7, 11) is 0. The lowest BCUT2D eigenvalue weighted by molar-refractivity contribution is 2.24. The van der Waals surface area contributed by atoms with Gasteiger partial charge in [-0.3, -0.25) is 0 Å². The van der Waals surface area contributed by atoms with E-state index < -0.39 is 0 Å². The Morgan fingerprint density at radius 3 is 1.71 bits per heavy atom. The van der Waals surface area contributed by atoms with Gasteiger partial charge in [0.05, 0.1) is 0 Å². The number of hydrogen-bond donors (Lipinski definition) is 0. The molecule has 0 spiro atoms. The minimum absolute atomic E-state index is 0.133. The molecule has 4 heteroatoms. The zero-order chi connectivity index (χ0) is 5.86. The third-order valence-electron chi connectivity index (χ3n) is 0.328. The fourth-order valence-corrected chi connectivity index (χ4v) is 0.694. The lowest BCUT2D eigenvalue weighted by Crippen LogP contribution is -1.56. The van der Waals surface area contributed by atoms with Crippen molar-refractivity contribution in [3.63, 3.8) is 0 Å². The van der Waals surface area contributed by atoms with E-state index in [4.69, 9.17) is 34.8 Å². The van der Waals surface area contributed by atoms with E-state index in [1.165, 1.54) is 11.8 Å². The van der Waals surface area contributed by atoms with Crippen LogP contribution in [0.1, 0.15) is 0 Å². The summed E-state index contributed by atoms with van der Waals surface area (Å²) >= 11 is 17.1. The molecule has 7 heavy (non-hydrogen) atoms. The van der Waals surface area contributed by atoms with Crippen molar-refractivity contribution in [1.29, 1.82) is 0 Å². The fourth-order valence-electron chi connectivity index (χ4n) is 0.0772. The maximum absolute atomic E-state index is 5.38. The summed E-state index contributed by atoms with van der Waals surface area (Å²) in [6.07, 6.45) is 1.80. The van der Waals surface area contributed by atoms with Crippen LogP contribution in [0.3, 0.4) is 0 Å². The molecule has 0 aliphatic rings. The Balaban J connectivity index is 3.72. The highest BCUT2D eigenvalue weighted by molar-refractivity contribution is 8.04. The number of thioether (sulfide) groups is 1. The van der Waals surface area contributed by atoms with Crippen LogP contribution in [0.25, 0.3) is 0 Å². The first-order valence-electron chi connectivity index (χ1n) is 1.43. The van der Waals surface area contributed by atoms with E-state index in [0.717, 1.165) is 0 Å². The van der Waals surface area contributed by atoms with Crippen molar-refractivity contribution >= 4 is 46.6 Å². The first-order valence-corrected chi connectivity index (χ1v) is 3.79. The molecule has 0 unspecified atom stereocenters.